The van der Waals surface area contributed by atoms with Gasteiger partial charge in [0.05, 0.1) is 6.20 Å². The summed E-state index contributed by atoms with van der Waals surface area (Å²) in [5, 5.41) is 4.34. The first kappa shape index (κ1) is 12.1. The molecular weight excluding hydrogens is 237 g/mol. The van der Waals surface area contributed by atoms with Gasteiger partial charge in [0, 0.05) is 29.9 Å². The Kier molecular flexibility index (Phi) is 3.81. The zero-order valence-electron chi connectivity index (χ0n) is 9.77. The fourth-order valence-electron chi connectivity index (χ4n) is 1.51. The maximum Gasteiger partial charge on any atom is 0.141 e. The normalized spacial score (nSPS) is 12.6. The number of nitrogens with one attached hydrogen (secondary N) is 1. The van der Waals surface area contributed by atoms with Crippen molar-refractivity contribution in [2.75, 3.05) is 0 Å². The predicted octanol–water partition coefficient (Wildman–Crippen LogP) is 2.84. The summed E-state index contributed by atoms with van der Waals surface area (Å²) >= 11 is 1.66. The van der Waals surface area contributed by atoms with Gasteiger partial charge < -0.3 is 5.32 Å². The van der Waals surface area contributed by atoms with Crippen LogP contribution < -0.4 is 5.32 Å². The van der Waals surface area contributed by atoms with Gasteiger partial charge in [0.1, 0.15) is 10.8 Å². The molecule has 0 aliphatic heterocycles. The molecule has 90 valence electrons. The summed E-state index contributed by atoms with van der Waals surface area (Å²) in [5.74, 6) is -0.304. The van der Waals surface area contributed by atoms with Crippen LogP contribution in [-0.2, 0) is 6.54 Å². The molecule has 2 aromatic heterocycles. The second kappa shape index (κ2) is 5.33. The van der Waals surface area contributed by atoms with Crippen molar-refractivity contribution >= 4 is 11.3 Å². The summed E-state index contributed by atoms with van der Waals surface area (Å²) in [7, 11) is 0. The molecule has 1 unspecified atom stereocenters. The van der Waals surface area contributed by atoms with E-state index >= 15 is 0 Å². The van der Waals surface area contributed by atoms with Gasteiger partial charge in [0.15, 0.2) is 0 Å². The molecule has 0 saturated carbocycles. The average Bonchev–Trinajstić information content (AvgIpc) is 2.72. The van der Waals surface area contributed by atoms with Gasteiger partial charge in [-0.3, -0.25) is 4.98 Å². The van der Waals surface area contributed by atoms with E-state index in [1.807, 2.05) is 20.0 Å². The summed E-state index contributed by atoms with van der Waals surface area (Å²) in [4.78, 5) is 9.30. The first-order chi connectivity index (χ1) is 8.15. The Morgan fingerprint density at radius 1 is 1.41 bits per heavy atom. The molecule has 17 heavy (non-hydrogen) atoms. The highest BCUT2D eigenvalue weighted by Crippen LogP contribution is 2.15. The molecule has 2 aromatic rings. The van der Waals surface area contributed by atoms with Crippen molar-refractivity contribution < 1.29 is 4.39 Å². The van der Waals surface area contributed by atoms with E-state index in [-0.39, 0.29) is 11.9 Å². The number of hydrogen-bond donors (Lipinski definition) is 1. The van der Waals surface area contributed by atoms with E-state index in [1.54, 1.807) is 17.5 Å². The molecular formula is C12H14FN3S. The third-order valence-corrected chi connectivity index (χ3v) is 3.37. The second-order valence-electron chi connectivity index (χ2n) is 3.90. The maximum absolute atomic E-state index is 13.0. The van der Waals surface area contributed by atoms with Gasteiger partial charge in [-0.05, 0) is 25.5 Å². The fourth-order valence-corrected chi connectivity index (χ4v) is 2.24. The Balaban J connectivity index is 1.95. The van der Waals surface area contributed by atoms with E-state index in [2.05, 4.69) is 15.3 Å². The van der Waals surface area contributed by atoms with Crippen molar-refractivity contribution in [1.29, 1.82) is 0 Å². The number of halogens is 1. The monoisotopic (exact) mass is 251 g/mol. The lowest BCUT2D eigenvalue weighted by Crippen LogP contribution is -2.18. The van der Waals surface area contributed by atoms with Crippen LogP contribution >= 0.6 is 11.3 Å². The molecule has 2 rings (SSSR count). The average molecular weight is 251 g/mol. The van der Waals surface area contributed by atoms with Gasteiger partial charge in [0.25, 0.3) is 0 Å². The van der Waals surface area contributed by atoms with E-state index in [0.29, 0.717) is 6.54 Å². The van der Waals surface area contributed by atoms with Crippen molar-refractivity contribution in [2.24, 2.45) is 0 Å². The lowest BCUT2D eigenvalue weighted by molar-refractivity contribution is 0.560. The largest absolute Gasteiger partial charge is 0.304 e. The van der Waals surface area contributed by atoms with Crippen LogP contribution in [-0.4, -0.2) is 9.97 Å². The van der Waals surface area contributed by atoms with Gasteiger partial charge in [0.2, 0.25) is 0 Å². The van der Waals surface area contributed by atoms with Gasteiger partial charge in [-0.1, -0.05) is 0 Å². The molecule has 0 radical (unpaired) electrons. The van der Waals surface area contributed by atoms with E-state index in [1.165, 1.54) is 17.1 Å². The lowest BCUT2D eigenvalue weighted by Gasteiger charge is -2.12. The third kappa shape index (κ3) is 3.31. The summed E-state index contributed by atoms with van der Waals surface area (Å²) < 4.78 is 13.0. The molecule has 0 spiro atoms. The highest BCUT2D eigenvalue weighted by molar-refractivity contribution is 7.11. The molecule has 0 fully saturated rings. The van der Waals surface area contributed by atoms with Gasteiger partial charge in [-0.15, -0.1) is 11.3 Å². The first-order valence-electron chi connectivity index (χ1n) is 5.40. The van der Waals surface area contributed by atoms with Crippen LogP contribution in [0, 0.1) is 12.7 Å². The smallest absolute Gasteiger partial charge is 0.141 e. The van der Waals surface area contributed by atoms with E-state index in [0.717, 1.165) is 10.6 Å². The van der Waals surface area contributed by atoms with Crippen molar-refractivity contribution in [3.63, 3.8) is 0 Å². The zero-order chi connectivity index (χ0) is 12.3. The van der Waals surface area contributed by atoms with E-state index < -0.39 is 0 Å². The van der Waals surface area contributed by atoms with Gasteiger partial charge >= 0.3 is 0 Å². The molecule has 0 aromatic carbocycles. The van der Waals surface area contributed by atoms with Crippen molar-refractivity contribution in [3.8, 4) is 0 Å². The number of aryl methyl sites for hydroxylation is 1. The summed E-state index contributed by atoms with van der Waals surface area (Å²) in [6, 6.07) is 1.56. The molecule has 3 nitrogen and oxygen atoms in total. The van der Waals surface area contributed by atoms with Crippen LogP contribution in [0.4, 0.5) is 4.39 Å². The molecule has 1 N–H and O–H groups in total. The van der Waals surface area contributed by atoms with Crippen LogP contribution in [0.3, 0.4) is 0 Å². The lowest BCUT2D eigenvalue weighted by atomic mass is 10.1. The summed E-state index contributed by atoms with van der Waals surface area (Å²) in [6.45, 7) is 4.70. The maximum atomic E-state index is 13.0. The molecule has 0 aliphatic carbocycles. The molecule has 1 atom stereocenters. The number of pyridine rings is 1. The SMILES string of the molecule is Cc1cnc(CNC(C)c2cncc(F)c2)s1. The molecule has 2 heterocycles. The van der Waals surface area contributed by atoms with E-state index in [4.69, 9.17) is 0 Å². The topological polar surface area (TPSA) is 37.8 Å². The van der Waals surface area contributed by atoms with Crippen LogP contribution in [0.1, 0.15) is 28.4 Å². The van der Waals surface area contributed by atoms with Crippen LogP contribution in [0.25, 0.3) is 0 Å². The first-order valence-corrected chi connectivity index (χ1v) is 6.22. The quantitative estimate of drug-likeness (QED) is 0.908. The Labute approximate surface area is 104 Å². The molecule has 0 amide bonds. The molecule has 0 saturated heterocycles. The number of rotatable bonds is 4. The number of aromatic nitrogens is 2. The minimum atomic E-state index is -0.304. The molecule has 0 aliphatic rings. The minimum absolute atomic E-state index is 0.0578. The van der Waals surface area contributed by atoms with Crippen molar-refractivity contribution in [2.45, 2.75) is 26.4 Å². The standard InChI is InChI=1S/C12H14FN3S/c1-8-4-16-12(17-8)7-15-9(2)10-3-11(13)6-14-5-10/h3-6,9,15H,7H2,1-2H3. The Hall–Kier alpha value is -1.33. The highest BCUT2D eigenvalue weighted by atomic mass is 32.1. The number of nitrogens with zero attached hydrogens (tertiary/aromatic N) is 2. The van der Waals surface area contributed by atoms with Crippen LogP contribution in [0.15, 0.2) is 24.7 Å². The Morgan fingerprint density at radius 3 is 2.88 bits per heavy atom. The Morgan fingerprint density at radius 2 is 2.24 bits per heavy atom. The Bertz CT molecular complexity index is 498. The zero-order valence-corrected chi connectivity index (χ0v) is 10.6. The summed E-state index contributed by atoms with van der Waals surface area (Å²) in [5.41, 5.74) is 0.846. The molecule has 0 bridgehead atoms. The van der Waals surface area contributed by atoms with Crippen LogP contribution in [0.5, 0.6) is 0 Å². The predicted molar refractivity (Wildman–Crippen MR) is 66.3 cm³/mol. The van der Waals surface area contributed by atoms with Crippen LogP contribution in [0.2, 0.25) is 0 Å². The third-order valence-electron chi connectivity index (χ3n) is 2.45. The van der Waals surface area contributed by atoms with Crippen molar-refractivity contribution in [3.05, 3.63) is 45.9 Å². The number of thiazole rings is 1. The minimum Gasteiger partial charge on any atom is -0.304 e. The highest BCUT2D eigenvalue weighted by Gasteiger charge is 2.07. The van der Waals surface area contributed by atoms with Crippen molar-refractivity contribution in [1.82, 2.24) is 15.3 Å². The second-order valence-corrected chi connectivity index (χ2v) is 5.22. The number of hydrogen-bond acceptors (Lipinski definition) is 4. The summed E-state index contributed by atoms with van der Waals surface area (Å²) in [6.07, 6.45) is 4.74. The molecule has 5 heteroatoms. The van der Waals surface area contributed by atoms with E-state index in [9.17, 15) is 4.39 Å². The van der Waals surface area contributed by atoms with Gasteiger partial charge in [-0.2, -0.15) is 0 Å². The van der Waals surface area contributed by atoms with Gasteiger partial charge in [-0.25, -0.2) is 9.37 Å². The fraction of sp³-hybridized carbons (Fsp3) is 0.333.